The second-order valence-electron chi connectivity index (χ2n) is 8.98. The van der Waals surface area contributed by atoms with E-state index in [1.165, 1.54) is 11.1 Å². The van der Waals surface area contributed by atoms with Gasteiger partial charge in [0.1, 0.15) is 5.75 Å². The second-order valence-corrected chi connectivity index (χ2v) is 13.7. The van der Waals surface area contributed by atoms with E-state index in [2.05, 4.69) is 104 Å². The zero-order valence-corrected chi connectivity index (χ0v) is 18.7. The van der Waals surface area contributed by atoms with Gasteiger partial charge in [0.05, 0.1) is 0 Å². The van der Waals surface area contributed by atoms with E-state index in [-0.39, 0.29) is 5.04 Å². The molecule has 0 amide bonds. The normalized spacial score (nSPS) is 15.7. The largest absolute Gasteiger partial charge is 0.543 e. The maximum absolute atomic E-state index is 6.61. The first kappa shape index (κ1) is 21.2. The molecule has 1 aromatic rings. The van der Waals surface area contributed by atoms with Crippen LogP contribution in [0.4, 0.5) is 0 Å². The van der Waals surface area contributed by atoms with Gasteiger partial charge < -0.3 is 14.2 Å². The smallest absolute Gasteiger partial charge is 0.250 e. The molecule has 0 aliphatic heterocycles. The Morgan fingerprint density at radius 3 is 1.50 bits per heavy atom. The lowest BCUT2D eigenvalue weighted by atomic mass is 10.00. The van der Waals surface area contributed by atoms with Gasteiger partial charge in [0.15, 0.2) is 0 Å². The fraction of sp³-hybridized carbons (Fsp3) is 0.700. The maximum atomic E-state index is 6.61. The molecule has 0 unspecified atom stereocenters. The van der Waals surface area contributed by atoms with E-state index in [0.29, 0.717) is 12.1 Å². The van der Waals surface area contributed by atoms with Crippen molar-refractivity contribution in [2.75, 3.05) is 28.2 Å². The molecule has 0 aliphatic rings. The molecule has 0 aliphatic carbocycles. The highest BCUT2D eigenvalue weighted by Gasteiger charge is 2.39. The van der Waals surface area contributed by atoms with Crippen molar-refractivity contribution >= 4 is 8.32 Å². The van der Waals surface area contributed by atoms with Crippen LogP contribution in [0.2, 0.25) is 18.1 Å². The Labute approximate surface area is 151 Å². The van der Waals surface area contributed by atoms with Crippen LogP contribution in [0.25, 0.3) is 0 Å². The summed E-state index contributed by atoms with van der Waals surface area (Å²) in [5.74, 6) is 1.02. The van der Waals surface area contributed by atoms with E-state index < -0.39 is 8.32 Å². The van der Waals surface area contributed by atoms with Crippen LogP contribution in [-0.2, 0) is 0 Å². The lowest BCUT2D eigenvalue weighted by molar-refractivity contribution is 0.312. The molecule has 4 heteroatoms. The van der Waals surface area contributed by atoms with Gasteiger partial charge in [-0.15, -0.1) is 0 Å². The molecule has 2 atom stereocenters. The summed E-state index contributed by atoms with van der Waals surface area (Å²) in [7, 11) is 6.66. The van der Waals surface area contributed by atoms with Crippen LogP contribution in [0.5, 0.6) is 5.75 Å². The molecule has 0 spiro atoms. The van der Waals surface area contributed by atoms with Crippen LogP contribution in [0.1, 0.15) is 57.8 Å². The summed E-state index contributed by atoms with van der Waals surface area (Å²) in [5.41, 5.74) is 2.64. The lowest BCUT2D eigenvalue weighted by Crippen LogP contribution is -2.43. The Morgan fingerprint density at radius 2 is 1.21 bits per heavy atom. The van der Waals surface area contributed by atoms with Crippen molar-refractivity contribution in [3.8, 4) is 5.75 Å². The molecule has 0 fully saturated rings. The van der Waals surface area contributed by atoms with Gasteiger partial charge in [-0.25, -0.2) is 0 Å². The third-order valence-corrected chi connectivity index (χ3v) is 10.0. The predicted octanol–water partition coefficient (Wildman–Crippen LogP) is 5.32. The van der Waals surface area contributed by atoms with Gasteiger partial charge in [-0.2, -0.15) is 0 Å². The molecular weight excluding hydrogens is 312 g/mol. The van der Waals surface area contributed by atoms with E-state index in [0.717, 1.165) is 5.75 Å². The zero-order valence-electron chi connectivity index (χ0n) is 17.7. The van der Waals surface area contributed by atoms with E-state index in [4.69, 9.17) is 4.43 Å². The maximum Gasteiger partial charge on any atom is 0.250 e. The van der Waals surface area contributed by atoms with Crippen LogP contribution in [0.3, 0.4) is 0 Å². The van der Waals surface area contributed by atoms with E-state index in [1.54, 1.807) is 0 Å². The molecule has 24 heavy (non-hydrogen) atoms. The van der Waals surface area contributed by atoms with Crippen LogP contribution in [-0.4, -0.2) is 46.3 Å². The lowest BCUT2D eigenvalue weighted by Gasteiger charge is -2.37. The van der Waals surface area contributed by atoms with Crippen molar-refractivity contribution in [3.05, 3.63) is 29.3 Å². The molecule has 1 rings (SSSR count). The Kier molecular flexibility index (Phi) is 6.70. The van der Waals surface area contributed by atoms with E-state index in [1.807, 2.05) is 0 Å². The minimum Gasteiger partial charge on any atom is -0.543 e. The van der Waals surface area contributed by atoms with Gasteiger partial charge in [-0.3, -0.25) is 0 Å². The summed E-state index contributed by atoms with van der Waals surface area (Å²) in [5, 5.41) is 0.198. The zero-order chi connectivity index (χ0) is 18.9. The third-order valence-electron chi connectivity index (χ3n) is 5.64. The van der Waals surface area contributed by atoms with Crippen molar-refractivity contribution in [1.82, 2.24) is 9.80 Å². The van der Waals surface area contributed by atoms with Crippen molar-refractivity contribution < 1.29 is 4.43 Å². The summed E-state index contributed by atoms with van der Waals surface area (Å²) in [4.78, 5) is 4.49. The summed E-state index contributed by atoms with van der Waals surface area (Å²) in [6.45, 7) is 16.0. The molecule has 1 aromatic carbocycles. The van der Waals surface area contributed by atoms with Gasteiger partial charge in [-0.05, 0) is 83.4 Å². The second kappa shape index (κ2) is 7.59. The molecule has 0 saturated carbocycles. The Balaban J connectivity index is 3.33. The van der Waals surface area contributed by atoms with Crippen molar-refractivity contribution in [3.63, 3.8) is 0 Å². The molecule has 0 heterocycles. The predicted molar refractivity (Wildman–Crippen MR) is 108 cm³/mol. The Bertz CT molecular complexity index is 515. The molecule has 3 nitrogen and oxygen atoms in total. The SMILES string of the molecule is C[C@@H](c1cc(O[Si](C)(C)C(C)(C)C)cc([C@H](C)N(C)C)c1)N(C)C. The number of benzene rings is 1. The minimum absolute atomic E-state index is 0.198. The quantitative estimate of drug-likeness (QED) is 0.646. The van der Waals surface area contributed by atoms with Crippen LogP contribution in [0, 0.1) is 0 Å². The van der Waals surface area contributed by atoms with Gasteiger partial charge in [0, 0.05) is 12.1 Å². The monoisotopic (exact) mass is 350 g/mol. The number of hydrogen-bond acceptors (Lipinski definition) is 3. The molecular formula is C20H38N2OSi. The Hall–Kier alpha value is -0.843. The first-order valence-electron chi connectivity index (χ1n) is 8.93. The number of nitrogens with zero attached hydrogens (tertiary/aromatic N) is 2. The number of rotatable bonds is 6. The fourth-order valence-electron chi connectivity index (χ4n) is 2.23. The van der Waals surface area contributed by atoms with Gasteiger partial charge in [0.25, 0.3) is 0 Å². The van der Waals surface area contributed by atoms with Crippen molar-refractivity contribution in [2.24, 2.45) is 0 Å². The van der Waals surface area contributed by atoms with Crippen molar-refractivity contribution in [2.45, 2.75) is 64.8 Å². The fourth-order valence-corrected chi connectivity index (χ4v) is 3.24. The average molecular weight is 351 g/mol. The first-order chi connectivity index (χ1) is 10.8. The highest BCUT2D eigenvalue weighted by Crippen LogP contribution is 2.39. The molecule has 0 N–H and O–H groups in total. The Morgan fingerprint density at radius 1 is 0.833 bits per heavy atom. The molecule has 0 radical (unpaired) electrons. The highest BCUT2D eigenvalue weighted by molar-refractivity contribution is 6.74. The van der Waals surface area contributed by atoms with Crippen LogP contribution in [0.15, 0.2) is 18.2 Å². The summed E-state index contributed by atoms with van der Waals surface area (Å²) < 4.78 is 6.61. The first-order valence-corrected chi connectivity index (χ1v) is 11.8. The molecule has 0 aromatic heterocycles. The average Bonchev–Trinajstić information content (AvgIpc) is 2.43. The minimum atomic E-state index is -1.84. The van der Waals surface area contributed by atoms with E-state index in [9.17, 15) is 0 Å². The van der Waals surface area contributed by atoms with Crippen LogP contribution < -0.4 is 4.43 Å². The molecule has 138 valence electrons. The summed E-state index contributed by atoms with van der Waals surface area (Å²) >= 11 is 0. The molecule has 0 bridgehead atoms. The third kappa shape index (κ3) is 5.07. The van der Waals surface area contributed by atoms with Gasteiger partial charge in [0.2, 0.25) is 8.32 Å². The highest BCUT2D eigenvalue weighted by atomic mass is 28.4. The summed E-state index contributed by atoms with van der Waals surface area (Å²) in [6.07, 6.45) is 0. The number of hydrogen-bond donors (Lipinski definition) is 0. The van der Waals surface area contributed by atoms with Gasteiger partial charge in [-0.1, -0.05) is 26.8 Å². The molecule has 0 saturated heterocycles. The van der Waals surface area contributed by atoms with E-state index >= 15 is 0 Å². The summed E-state index contributed by atoms with van der Waals surface area (Å²) in [6, 6.07) is 7.52. The standard InChI is InChI=1S/C20H38N2OSi/c1-15(21(6)7)17-12-18(16(2)22(8)9)14-19(13-17)23-24(10,11)20(3,4)5/h12-16H,1-11H3/t15-,16-/m0/s1. The van der Waals surface area contributed by atoms with Gasteiger partial charge >= 0.3 is 0 Å². The topological polar surface area (TPSA) is 15.7 Å². The van der Waals surface area contributed by atoms with Crippen molar-refractivity contribution in [1.29, 1.82) is 0 Å². The van der Waals surface area contributed by atoms with Crippen LogP contribution >= 0.6 is 0 Å².